The minimum absolute atomic E-state index is 0.104. The summed E-state index contributed by atoms with van der Waals surface area (Å²) in [4.78, 5) is 16.7. The number of fused-ring (bicyclic) bond motifs is 1. The molecule has 1 aliphatic rings. The Morgan fingerprint density at radius 3 is 2.89 bits per heavy atom. The third-order valence-corrected chi connectivity index (χ3v) is 5.56. The zero-order valence-electron chi connectivity index (χ0n) is 14.6. The average molecular weight is 404 g/mol. The van der Waals surface area contributed by atoms with Crippen LogP contribution in [0.4, 0.5) is 16.2 Å². The quantitative estimate of drug-likeness (QED) is 0.656. The van der Waals surface area contributed by atoms with Crippen LogP contribution >= 0.6 is 23.2 Å². The van der Waals surface area contributed by atoms with E-state index in [-0.39, 0.29) is 6.03 Å². The maximum absolute atomic E-state index is 12.7. The van der Waals surface area contributed by atoms with Gasteiger partial charge in [-0.1, -0.05) is 29.3 Å². The Labute approximate surface area is 167 Å². The molecule has 140 valence electrons. The lowest BCUT2D eigenvalue weighted by atomic mass is 10.2. The molecule has 2 N–H and O–H groups in total. The van der Waals surface area contributed by atoms with Crippen molar-refractivity contribution in [2.24, 2.45) is 0 Å². The van der Waals surface area contributed by atoms with Gasteiger partial charge in [0, 0.05) is 37.3 Å². The van der Waals surface area contributed by atoms with Gasteiger partial charge in [0.05, 0.1) is 27.4 Å². The number of nitrogens with zero attached hydrogens (tertiary/aromatic N) is 3. The van der Waals surface area contributed by atoms with Gasteiger partial charge >= 0.3 is 6.03 Å². The van der Waals surface area contributed by atoms with Crippen molar-refractivity contribution < 1.29 is 4.79 Å². The minimum Gasteiger partial charge on any atom is -0.368 e. The van der Waals surface area contributed by atoms with Crippen LogP contribution in [0.5, 0.6) is 0 Å². The van der Waals surface area contributed by atoms with Crippen LogP contribution in [0.2, 0.25) is 10.0 Å². The Morgan fingerprint density at radius 2 is 2.00 bits per heavy atom. The van der Waals surface area contributed by atoms with Crippen LogP contribution in [0.1, 0.15) is 6.42 Å². The predicted molar refractivity (Wildman–Crippen MR) is 110 cm³/mol. The van der Waals surface area contributed by atoms with E-state index in [2.05, 4.69) is 20.4 Å². The molecular formula is C19H19Cl2N5O. The summed E-state index contributed by atoms with van der Waals surface area (Å²) in [5, 5.41) is 12.0. The van der Waals surface area contributed by atoms with E-state index in [0.717, 1.165) is 35.2 Å². The first kappa shape index (κ1) is 17.9. The van der Waals surface area contributed by atoms with Crippen LogP contribution in [-0.4, -0.2) is 47.3 Å². The highest BCUT2D eigenvalue weighted by Gasteiger charge is 2.21. The summed E-state index contributed by atoms with van der Waals surface area (Å²) in [6.45, 7) is 2.82. The number of rotatable bonds is 2. The number of benzene rings is 2. The molecule has 0 unspecified atom stereocenters. The number of carbonyl (C=O) groups excluding carboxylic acids is 1. The molecule has 0 saturated carbocycles. The fourth-order valence-corrected chi connectivity index (χ4v) is 3.73. The van der Waals surface area contributed by atoms with Crippen LogP contribution in [0, 0.1) is 0 Å². The number of halogens is 2. The molecule has 1 saturated heterocycles. The van der Waals surface area contributed by atoms with E-state index in [0.29, 0.717) is 29.7 Å². The highest BCUT2D eigenvalue weighted by Crippen LogP contribution is 2.32. The van der Waals surface area contributed by atoms with Gasteiger partial charge in [0.1, 0.15) is 0 Å². The fourth-order valence-electron chi connectivity index (χ4n) is 3.32. The molecule has 1 fully saturated rings. The second-order valence-electron chi connectivity index (χ2n) is 6.50. The van der Waals surface area contributed by atoms with Crippen LogP contribution in [0.3, 0.4) is 0 Å². The van der Waals surface area contributed by atoms with E-state index in [1.807, 2.05) is 35.2 Å². The monoisotopic (exact) mass is 403 g/mol. The van der Waals surface area contributed by atoms with E-state index in [1.165, 1.54) is 0 Å². The molecule has 27 heavy (non-hydrogen) atoms. The topological polar surface area (TPSA) is 64.3 Å². The van der Waals surface area contributed by atoms with Gasteiger partial charge in [-0.2, -0.15) is 5.10 Å². The van der Waals surface area contributed by atoms with Crippen molar-refractivity contribution in [3.63, 3.8) is 0 Å². The van der Waals surface area contributed by atoms with Gasteiger partial charge in [-0.25, -0.2) is 4.79 Å². The van der Waals surface area contributed by atoms with Gasteiger partial charge in [-0.05, 0) is 36.8 Å². The van der Waals surface area contributed by atoms with Crippen molar-refractivity contribution in [1.29, 1.82) is 0 Å². The molecule has 0 radical (unpaired) electrons. The van der Waals surface area contributed by atoms with Crippen molar-refractivity contribution in [3.05, 3.63) is 52.6 Å². The Bertz CT molecular complexity index is 974. The maximum Gasteiger partial charge on any atom is 0.321 e. The zero-order chi connectivity index (χ0) is 18.8. The Morgan fingerprint density at radius 1 is 1.11 bits per heavy atom. The average Bonchev–Trinajstić information content (AvgIpc) is 2.99. The van der Waals surface area contributed by atoms with Crippen LogP contribution in [-0.2, 0) is 0 Å². The van der Waals surface area contributed by atoms with Crippen LogP contribution < -0.4 is 10.2 Å². The third-order valence-electron chi connectivity index (χ3n) is 4.75. The second-order valence-corrected chi connectivity index (χ2v) is 7.29. The number of hydrogen-bond acceptors (Lipinski definition) is 3. The van der Waals surface area contributed by atoms with Crippen molar-refractivity contribution in [1.82, 2.24) is 15.1 Å². The molecule has 0 spiro atoms. The van der Waals surface area contributed by atoms with Crippen LogP contribution in [0.15, 0.2) is 42.6 Å². The largest absolute Gasteiger partial charge is 0.368 e. The molecule has 0 aliphatic carbocycles. The van der Waals surface area contributed by atoms with E-state index in [9.17, 15) is 4.79 Å². The molecule has 1 aromatic heterocycles. The molecule has 1 aliphatic heterocycles. The zero-order valence-corrected chi connectivity index (χ0v) is 16.1. The highest BCUT2D eigenvalue weighted by atomic mass is 35.5. The fraction of sp³-hybridized carbons (Fsp3) is 0.263. The number of aromatic nitrogens is 2. The summed E-state index contributed by atoms with van der Waals surface area (Å²) in [6, 6.07) is 11.2. The molecule has 3 aromatic rings. The molecule has 0 bridgehead atoms. The van der Waals surface area contributed by atoms with Gasteiger partial charge in [0.25, 0.3) is 0 Å². The normalized spacial score (nSPS) is 15.0. The lowest BCUT2D eigenvalue weighted by Gasteiger charge is -2.25. The highest BCUT2D eigenvalue weighted by molar-refractivity contribution is 6.43. The molecule has 0 atom stereocenters. The summed E-state index contributed by atoms with van der Waals surface area (Å²) >= 11 is 12.5. The summed E-state index contributed by atoms with van der Waals surface area (Å²) in [5.74, 6) is 0. The van der Waals surface area contributed by atoms with E-state index in [4.69, 9.17) is 23.2 Å². The van der Waals surface area contributed by atoms with E-state index < -0.39 is 0 Å². The van der Waals surface area contributed by atoms with Crippen molar-refractivity contribution in [2.75, 3.05) is 36.4 Å². The number of aromatic amines is 1. The Balaban J connectivity index is 1.42. The van der Waals surface area contributed by atoms with Gasteiger partial charge in [0.15, 0.2) is 0 Å². The molecule has 8 heteroatoms. The number of nitrogens with one attached hydrogen (secondary N) is 2. The number of urea groups is 1. The van der Waals surface area contributed by atoms with E-state index in [1.54, 1.807) is 12.3 Å². The van der Waals surface area contributed by atoms with Crippen molar-refractivity contribution in [2.45, 2.75) is 6.42 Å². The van der Waals surface area contributed by atoms with Gasteiger partial charge in [-0.15, -0.1) is 0 Å². The Kier molecular flexibility index (Phi) is 5.09. The Hall–Kier alpha value is -2.44. The van der Waals surface area contributed by atoms with Gasteiger partial charge in [0.2, 0.25) is 0 Å². The molecule has 2 heterocycles. The molecular weight excluding hydrogens is 385 g/mol. The van der Waals surface area contributed by atoms with Gasteiger partial charge < -0.3 is 15.1 Å². The van der Waals surface area contributed by atoms with Crippen molar-refractivity contribution in [3.8, 4) is 0 Å². The van der Waals surface area contributed by atoms with E-state index >= 15 is 0 Å². The van der Waals surface area contributed by atoms with Gasteiger partial charge in [-0.3, -0.25) is 5.10 Å². The lowest BCUT2D eigenvalue weighted by molar-refractivity contribution is 0.215. The summed E-state index contributed by atoms with van der Waals surface area (Å²) in [6.07, 6.45) is 2.61. The molecule has 2 amide bonds. The van der Waals surface area contributed by atoms with Crippen LogP contribution in [0.25, 0.3) is 10.9 Å². The number of amides is 2. The third kappa shape index (κ3) is 3.82. The summed E-state index contributed by atoms with van der Waals surface area (Å²) in [5.41, 5.74) is 2.55. The SMILES string of the molecule is O=C(Nc1ccc2cn[nH]c2c1)N1CCCN(c2cccc(Cl)c2Cl)CC1. The number of carbonyl (C=O) groups is 1. The van der Waals surface area contributed by atoms with Crippen molar-refractivity contribution >= 4 is 51.5 Å². The number of H-pyrrole nitrogens is 1. The molecule has 6 nitrogen and oxygen atoms in total. The second kappa shape index (κ2) is 7.66. The first-order valence-corrected chi connectivity index (χ1v) is 9.55. The summed E-state index contributed by atoms with van der Waals surface area (Å²) < 4.78 is 0. The first-order chi connectivity index (χ1) is 13.1. The summed E-state index contributed by atoms with van der Waals surface area (Å²) in [7, 11) is 0. The molecule has 4 rings (SSSR count). The molecule has 2 aromatic carbocycles. The number of hydrogen-bond donors (Lipinski definition) is 2. The predicted octanol–water partition coefficient (Wildman–Crippen LogP) is 4.61. The smallest absolute Gasteiger partial charge is 0.321 e. The lowest BCUT2D eigenvalue weighted by Crippen LogP contribution is -2.38. The first-order valence-electron chi connectivity index (χ1n) is 8.80. The standard InChI is InChI=1S/C19H19Cl2N5O/c20-15-3-1-4-17(18(15)21)25-7-2-8-26(10-9-25)19(27)23-14-6-5-13-12-22-24-16(13)11-14/h1,3-6,11-12H,2,7-10H2,(H,22,24)(H,23,27). The number of anilines is 2. The maximum atomic E-state index is 12.7. The minimum atomic E-state index is -0.104.